The van der Waals surface area contributed by atoms with E-state index in [1.165, 1.54) is 66.1 Å². The summed E-state index contributed by atoms with van der Waals surface area (Å²) in [6, 6.07) is 77.9. The molecule has 244 valence electrons. The lowest BCUT2D eigenvalue weighted by Gasteiger charge is -2.35. The van der Waals surface area contributed by atoms with Gasteiger partial charge in [-0.2, -0.15) is 0 Å². The van der Waals surface area contributed by atoms with Crippen LogP contribution < -0.4 is 4.90 Å². The lowest BCUT2D eigenvalue weighted by atomic mass is 9.66. The zero-order valence-electron chi connectivity index (χ0n) is 28.7. The van der Waals surface area contributed by atoms with E-state index in [0.29, 0.717) is 0 Å². The van der Waals surface area contributed by atoms with Crippen LogP contribution in [0.3, 0.4) is 0 Å². The predicted molar refractivity (Wildman–Crippen MR) is 219 cm³/mol. The maximum atomic E-state index is 2.47. The van der Waals surface area contributed by atoms with E-state index in [4.69, 9.17) is 0 Å². The van der Waals surface area contributed by atoms with Crippen molar-refractivity contribution in [3.8, 4) is 22.3 Å². The third kappa shape index (κ3) is 4.63. The Morgan fingerprint density at radius 2 is 0.885 bits per heavy atom. The van der Waals surface area contributed by atoms with Crippen LogP contribution in [0.15, 0.2) is 212 Å². The van der Waals surface area contributed by atoms with Crippen LogP contribution >= 0.6 is 0 Å². The van der Waals surface area contributed by atoms with Crippen molar-refractivity contribution in [3.63, 3.8) is 0 Å². The third-order valence-electron chi connectivity index (χ3n) is 10.9. The molecule has 0 heterocycles. The van der Waals surface area contributed by atoms with Gasteiger partial charge in [0.2, 0.25) is 0 Å². The van der Waals surface area contributed by atoms with E-state index in [2.05, 4.69) is 217 Å². The van der Waals surface area contributed by atoms with Gasteiger partial charge in [-0.05, 0) is 109 Å². The first-order valence-corrected chi connectivity index (χ1v) is 18.0. The molecule has 0 spiro atoms. The van der Waals surface area contributed by atoms with Gasteiger partial charge in [-0.25, -0.2) is 0 Å². The minimum absolute atomic E-state index is 0.584. The maximum absolute atomic E-state index is 2.47. The van der Waals surface area contributed by atoms with Crippen molar-refractivity contribution in [2.24, 2.45) is 0 Å². The second-order valence-electron chi connectivity index (χ2n) is 13.7. The Kier molecular flexibility index (Phi) is 7.11. The smallest absolute Gasteiger partial charge is 0.0720 e. The first-order valence-electron chi connectivity index (χ1n) is 18.0. The Balaban J connectivity index is 1.35. The predicted octanol–water partition coefficient (Wildman–Crippen LogP) is 13.5. The largest absolute Gasteiger partial charge is 0.310 e. The van der Waals surface area contributed by atoms with Gasteiger partial charge in [-0.15, -0.1) is 0 Å². The van der Waals surface area contributed by atoms with E-state index in [0.717, 1.165) is 17.1 Å². The summed E-state index contributed by atoms with van der Waals surface area (Å²) >= 11 is 0. The van der Waals surface area contributed by atoms with Crippen LogP contribution in [0.1, 0.15) is 22.3 Å². The molecule has 52 heavy (non-hydrogen) atoms. The summed E-state index contributed by atoms with van der Waals surface area (Å²) < 4.78 is 0. The first-order chi connectivity index (χ1) is 25.8. The molecule has 9 aromatic carbocycles. The molecule has 0 unspecified atom stereocenters. The van der Waals surface area contributed by atoms with Crippen molar-refractivity contribution in [1.29, 1.82) is 0 Å². The van der Waals surface area contributed by atoms with Crippen molar-refractivity contribution in [2.75, 3.05) is 4.90 Å². The fourth-order valence-electron chi connectivity index (χ4n) is 8.68. The number of hydrogen-bond donors (Lipinski definition) is 0. The van der Waals surface area contributed by atoms with Gasteiger partial charge in [0, 0.05) is 17.1 Å². The summed E-state index contributed by atoms with van der Waals surface area (Å²) in [5.74, 6) is 0. The highest BCUT2D eigenvalue weighted by Crippen LogP contribution is 2.61. The van der Waals surface area contributed by atoms with Crippen molar-refractivity contribution >= 4 is 38.6 Å². The lowest BCUT2D eigenvalue weighted by molar-refractivity contribution is 0.775. The van der Waals surface area contributed by atoms with E-state index >= 15 is 0 Å². The van der Waals surface area contributed by atoms with Gasteiger partial charge >= 0.3 is 0 Å². The Labute approximate surface area is 304 Å². The van der Waals surface area contributed by atoms with E-state index in [1.807, 2.05) is 0 Å². The molecule has 0 saturated carbocycles. The zero-order valence-corrected chi connectivity index (χ0v) is 28.7. The molecule has 0 radical (unpaired) electrons. The van der Waals surface area contributed by atoms with Crippen molar-refractivity contribution in [3.05, 3.63) is 235 Å². The van der Waals surface area contributed by atoms with Crippen LogP contribution in [0.2, 0.25) is 0 Å². The van der Waals surface area contributed by atoms with Crippen LogP contribution in [0.25, 0.3) is 43.8 Å². The summed E-state index contributed by atoms with van der Waals surface area (Å²) in [7, 11) is 0. The van der Waals surface area contributed by atoms with Crippen LogP contribution in [-0.2, 0) is 5.41 Å². The summed E-state index contributed by atoms with van der Waals surface area (Å²) in [4.78, 5) is 2.41. The zero-order chi connectivity index (χ0) is 34.5. The molecule has 1 heteroatoms. The van der Waals surface area contributed by atoms with Gasteiger partial charge in [0.15, 0.2) is 0 Å². The minimum Gasteiger partial charge on any atom is -0.310 e. The molecule has 0 amide bonds. The highest BCUT2D eigenvalue weighted by molar-refractivity contribution is 6.07. The van der Waals surface area contributed by atoms with E-state index in [9.17, 15) is 0 Å². The molecule has 1 aliphatic rings. The van der Waals surface area contributed by atoms with E-state index < -0.39 is 5.41 Å². The fourth-order valence-corrected chi connectivity index (χ4v) is 8.68. The Morgan fingerprint density at radius 1 is 0.346 bits per heavy atom. The number of anilines is 3. The van der Waals surface area contributed by atoms with Gasteiger partial charge in [-0.3, -0.25) is 0 Å². The minimum atomic E-state index is -0.584. The molecule has 0 saturated heterocycles. The van der Waals surface area contributed by atoms with Gasteiger partial charge in [0.05, 0.1) is 5.41 Å². The number of hydrogen-bond acceptors (Lipinski definition) is 1. The molecule has 0 aromatic heterocycles. The topological polar surface area (TPSA) is 3.24 Å². The molecular weight excluding hydrogens is 627 g/mol. The summed E-state index contributed by atoms with van der Waals surface area (Å²) in [6.07, 6.45) is 0. The number of rotatable bonds is 6. The molecule has 10 rings (SSSR count). The van der Waals surface area contributed by atoms with Crippen LogP contribution in [0.4, 0.5) is 17.1 Å². The summed E-state index contributed by atoms with van der Waals surface area (Å²) in [5.41, 5.74) is 13.0. The highest BCUT2D eigenvalue weighted by atomic mass is 15.1. The Hall–Kier alpha value is -6.70. The molecule has 0 bridgehead atoms. The van der Waals surface area contributed by atoms with Crippen molar-refractivity contribution in [2.45, 2.75) is 5.41 Å². The van der Waals surface area contributed by atoms with E-state index in [-0.39, 0.29) is 0 Å². The third-order valence-corrected chi connectivity index (χ3v) is 10.9. The Morgan fingerprint density at radius 3 is 1.58 bits per heavy atom. The van der Waals surface area contributed by atoms with Crippen LogP contribution in [0, 0.1) is 0 Å². The molecule has 0 aliphatic heterocycles. The average molecular weight is 662 g/mol. The Bertz CT molecular complexity index is 2680. The van der Waals surface area contributed by atoms with E-state index in [1.54, 1.807) is 0 Å². The molecular formula is C51H35N. The monoisotopic (exact) mass is 661 g/mol. The molecule has 1 nitrogen and oxygen atoms in total. The normalized spacial score (nSPS) is 12.8. The molecule has 0 atom stereocenters. The van der Waals surface area contributed by atoms with Crippen LogP contribution in [-0.4, -0.2) is 0 Å². The lowest BCUT2D eigenvalue weighted by Crippen LogP contribution is -2.29. The fraction of sp³-hybridized carbons (Fsp3) is 0.0196. The van der Waals surface area contributed by atoms with Crippen molar-refractivity contribution < 1.29 is 0 Å². The standard InChI is InChI=1S/C51H35N/c1-5-18-37(19-6-1)47-34-39-21-15-16-28-45(39)50-49(47)46-32-31-44(35-48(46)51(50,40-22-7-2-8-23-40)41-24-9-3-10-25-41)52(42-26-11-4-12-27-42)43-30-29-36-17-13-14-20-38(36)33-43/h1-35H. The van der Waals surface area contributed by atoms with Crippen molar-refractivity contribution in [1.82, 2.24) is 0 Å². The van der Waals surface area contributed by atoms with Crippen LogP contribution in [0.5, 0.6) is 0 Å². The number of para-hydroxylation sites is 1. The SMILES string of the molecule is c1ccc(-c2cc3ccccc3c3c2-c2ccc(N(c4ccccc4)c4ccc5ccccc5c4)cc2C3(c2ccccc2)c2ccccc2)cc1. The average Bonchev–Trinajstić information content (AvgIpc) is 3.53. The van der Waals surface area contributed by atoms with Gasteiger partial charge in [0.25, 0.3) is 0 Å². The molecule has 1 aliphatic carbocycles. The second-order valence-corrected chi connectivity index (χ2v) is 13.7. The molecule has 9 aromatic rings. The van der Waals surface area contributed by atoms with Gasteiger partial charge in [0.1, 0.15) is 0 Å². The first kappa shape index (κ1) is 30.2. The summed E-state index contributed by atoms with van der Waals surface area (Å²) in [5, 5.41) is 4.97. The number of fused-ring (bicyclic) bond motifs is 6. The molecule has 0 fully saturated rings. The number of nitrogens with zero attached hydrogens (tertiary/aromatic N) is 1. The summed E-state index contributed by atoms with van der Waals surface area (Å²) in [6.45, 7) is 0. The number of benzene rings is 9. The molecule has 0 N–H and O–H groups in total. The second kappa shape index (κ2) is 12.3. The van der Waals surface area contributed by atoms with Gasteiger partial charge < -0.3 is 4.90 Å². The van der Waals surface area contributed by atoms with Gasteiger partial charge in [-0.1, -0.05) is 170 Å². The highest BCUT2D eigenvalue weighted by Gasteiger charge is 2.48. The maximum Gasteiger partial charge on any atom is 0.0720 e. The quantitative estimate of drug-likeness (QED) is 0.171.